The third-order valence-electron chi connectivity index (χ3n) is 13.8. The highest BCUT2D eigenvalue weighted by atomic mass is 31.2. The van der Waals surface area contributed by atoms with Crippen molar-refractivity contribution in [3.8, 4) is 0 Å². The third-order valence-corrected chi connectivity index (χ3v) is 15.7. The molecule has 0 saturated heterocycles. The highest BCUT2D eigenvalue weighted by Gasteiger charge is 2.29. The number of allylic oxidation sites excluding steroid dienone is 16. The number of rotatable bonds is 63. The lowest BCUT2D eigenvalue weighted by atomic mass is 10.1. The fourth-order valence-electron chi connectivity index (χ4n) is 8.66. The molecule has 0 aromatic rings. The van der Waals surface area contributed by atoms with E-state index in [1.807, 2.05) is 0 Å². The maximum Gasteiger partial charge on any atom is 0.472 e. The van der Waals surface area contributed by atoms with Crippen molar-refractivity contribution in [1.29, 1.82) is 0 Å². The Hall–Kier alpha value is -3.53. The molecule has 4 N–H and O–H groups in total. The van der Waals surface area contributed by atoms with Gasteiger partial charge in [0.15, 0.2) is 6.10 Å². The van der Waals surface area contributed by atoms with Crippen LogP contribution in [0.25, 0.3) is 0 Å². The van der Waals surface area contributed by atoms with Gasteiger partial charge in [-0.15, -0.1) is 0 Å². The number of unbranched alkanes of at least 4 members (excludes halogenated alkanes) is 24. The van der Waals surface area contributed by atoms with Crippen molar-refractivity contribution in [3.05, 3.63) is 97.2 Å². The van der Waals surface area contributed by atoms with Crippen LogP contribution in [0.4, 0.5) is 0 Å². The number of esters is 3. The van der Waals surface area contributed by atoms with Crippen LogP contribution < -0.4 is 0 Å². The molecule has 0 radical (unpaired) electrons. The van der Waals surface area contributed by atoms with E-state index in [1.54, 1.807) is 0 Å². The summed E-state index contributed by atoms with van der Waals surface area (Å²) >= 11 is 0. The molecule has 0 aliphatic carbocycles. The Labute approximate surface area is 527 Å². The molecule has 0 heterocycles. The number of aliphatic hydroxyl groups excluding tert-OH is 2. The summed E-state index contributed by atoms with van der Waals surface area (Å²) in [5.74, 6) is -1.61. The van der Waals surface area contributed by atoms with Gasteiger partial charge in [-0.25, -0.2) is 9.13 Å². The lowest BCUT2D eigenvalue weighted by molar-refractivity contribution is -0.161. The van der Waals surface area contributed by atoms with Crippen molar-refractivity contribution in [2.45, 2.75) is 283 Å². The molecule has 0 bridgehead atoms. The second-order valence-corrected chi connectivity index (χ2v) is 25.2. The summed E-state index contributed by atoms with van der Waals surface area (Å²) in [6.07, 6.45) is 67.5. The van der Waals surface area contributed by atoms with Gasteiger partial charge >= 0.3 is 33.6 Å². The van der Waals surface area contributed by atoms with Crippen LogP contribution >= 0.6 is 15.6 Å². The van der Waals surface area contributed by atoms with Crippen LogP contribution in [-0.2, 0) is 55.8 Å². The molecule has 0 amide bonds. The topological polar surface area (TPSA) is 231 Å². The molecule has 0 aliphatic heterocycles. The molecule has 0 saturated carbocycles. The second kappa shape index (κ2) is 62.7. The van der Waals surface area contributed by atoms with Crippen molar-refractivity contribution < 1.29 is 75.8 Å². The fourth-order valence-corrected chi connectivity index (χ4v) is 10.2. The first kappa shape index (κ1) is 83.5. The van der Waals surface area contributed by atoms with E-state index < -0.39 is 91.5 Å². The Balaban J connectivity index is 4.57. The maximum atomic E-state index is 12.9. The molecule has 16 nitrogen and oxygen atoms in total. The second-order valence-electron chi connectivity index (χ2n) is 22.2. The summed E-state index contributed by atoms with van der Waals surface area (Å²) < 4.78 is 60.7. The van der Waals surface area contributed by atoms with Crippen LogP contribution in [0.1, 0.15) is 265 Å². The summed E-state index contributed by atoms with van der Waals surface area (Å²) in [5, 5.41) is 20.5. The highest BCUT2D eigenvalue weighted by Crippen LogP contribution is 2.45. The van der Waals surface area contributed by atoms with Gasteiger partial charge < -0.3 is 34.2 Å². The van der Waals surface area contributed by atoms with Gasteiger partial charge in [-0.05, 0) is 103 Å². The van der Waals surface area contributed by atoms with Crippen molar-refractivity contribution in [2.75, 3.05) is 39.6 Å². The monoisotopic (exact) mass is 1270 g/mol. The lowest BCUT2D eigenvalue weighted by Gasteiger charge is -2.21. The molecular weight excluding hydrogens is 1150 g/mol. The molecule has 502 valence electrons. The maximum absolute atomic E-state index is 12.9. The Morgan fingerprint density at radius 3 is 0.989 bits per heavy atom. The summed E-state index contributed by atoms with van der Waals surface area (Å²) in [6, 6.07) is 0. The molecule has 0 spiro atoms. The third kappa shape index (κ3) is 63.8. The van der Waals surface area contributed by atoms with Crippen molar-refractivity contribution in [3.63, 3.8) is 0 Å². The Bertz CT molecular complexity index is 1980. The van der Waals surface area contributed by atoms with Gasteiger partial charge in [0.25, 0.3) is 0 Å². The zero-order valence-electron chi connectivity index (χ0n) is 54.2. The summed E-state index contributed by atoms with van der Waals surface area (Å²) in [6.45, 7) is 2.47. The number of phosphoric ester groups is 2. The van der Waals surface area contributed by atoms with E-state index >= 15 is 0 Å². The molecule has 5 unspecified atom stereocenters. The summed E-state index contributed by atoms with van der Waals surface area (Å²) in [4.78, 5) is 58.2. The van der Waals surface area contributed by atoms with Crippen LogP contribution in [0.3, 0.4) is 0 Å². The number of carbonyl (C=O) groups excluding carboxylic acids is 3. The first-order valence-electron chi connectivity index (χ1n) is 33.5. The number of phosphoric acid groups is 2. The molecule has 18 heteroatoms. The summed E-state index contributed by atoms with van der Waals surface area (Å²) in [5.41, 5.74) is 0. The first-order valence-corrected chi connectivity index (χ1v) is 36.5. The van der Waals surface area contributed by atoms with Crippen molar-refractivity contribution in [1.82, 2.24) is 0 Å². The van der Waals surface area contributed by atoms with Crippen LogP contribution in [0.5, 0.6) is 0 Å². The lowest BCUT2D eigenvalue weighted by Crippen LogP contribution is -2.30. The van der Waals surface area contributed by atoms with Gasteiger partial charge in [-0.2, -0.15) is 0 Å². The van der Waals surface area contributed by atoms with E-state index in [4.69, 9.17) is 32.3 Å². The van der Waals surface area contributed by atoms with Crippen molar-refractivity contribution in [2.24, 2.45) is 0 Å². The van der Waals surface area contributed by atoms with Crippen LogP contribution in [0.2, 0.25) is 0 Å². The molecule has 0 fully saturated rings. The first-order chi connectivity index (χ1) is 42.2. The molecule has 0 aromatic carbocycles. The quantitative estimate of drug-likeness (QED) is 0.0146. The predicted molar refractivity (Wildman–Crippen MR) is 353 cm³/mol. The van der Waals surface area contributed by atoms with Gasteiger partial charge in [0.05, 0.1) is 26.4 Å². The number of ether oxygens (including phenoxy) is 3. The van der Waals surface area contributed by atoms with Gasteiger partial charge in [-0.3, -0.25) is 32.5 Å². The highest BCUT2D eigenvalue weighted by molar-refractivity contribution is 7.47. The van der Waals surface area contributed by atoms with Crippen LogP contribution in [-0.4, -0.2) is 95.9 Å². The van der Waals surface area contributed by atoms with E-state index in [2.05, 4.69) is 118 Å². The van der Waals surface area contributed by atoms with Crippen molar-refractivity contribution >= 4 is 33.6 Å². The van der Waals surface area contributed by atoms with E-state index in [0.717, 1.165) is 141 Å². The van der Waals surface area contributed by atoms with Crippen LogP contribution in [0, 0.1) is 0 Å². The minimum absolute atomic E-state index is 0.100. The number of carbonyl (C=O) groups is 3. The smallest absolute Gasteiger partial charge is 0.463 e. The molecule has 0 aromatic heterocycles. The largest absolute Gasteiger partial charge is 0.472 e. The molecule has 5 atom stereocenters. The van der Waals surface area contributed by atoms with E-state index in [1.165, 1.54) is 64.2 Å². The zero-order chi connectivity index (χ0) is 63.8. The number of hydrogen-bond acceptors (Lipinski definition) is 14. The standard InChI is InChI=1S/C69H120O16P2/c1-4-7-10-13-16-19-22-24-26-28-29-30-31-32-33-35-37-38-41-43-46-49-52-55-67(72)79-58-64(70)59-81-86(75,76)82-60-65(71)61-83-87(77,78)84-63-66(85-69(74)57-54-51-48-45-40-21-18-15-12-9-6-3)62-80-68(73)56-53-50-47-44-42-39-36-34-27-25-23-20-17-14-11-8-5-2/h8,11,16-17,19-20,24-27,29-30,32-33,36,39,64-66,70-71H,4-7,9-10,12-15,18,21-23,28,31,34-35,37-38,40-63H2,1-3H3,(H,75,76)(H,77,78)/b11-8-,19-16-,20-17-,26-24-,27-25-,30-29-,33-32-,39-36-. The molecule has 0 rings (SSSR count). The SMILES string of the molecule is CC/C=C\C/C=C\C/C=C\C/C=C\CCCCCCC(=O)OCC(COP(=O)(O)OCC(O)COP(=O)(O)OCC(O)COC(=O)CCCCCCCCC/C=C\C/C=C\C/C=C\C/C=C\CCCCC)OC(=O)CCCCCCCCCCCCC. The Kier molecular flexibility index (Phi) is 60.1. The predicted octanol–water partition coefficient (Wildman–Crippen LogP) is 18.3. The van der Waals surface area contributed by atoms with Gasteiger partial charge in [-0.1, -0.05) is 240 Å². The number of aliphatic hydroxyl groups is 2. The molecule has 0 aliphatic rings. The zero-order valence-corrected chi connectivity index (χ0v) is 56.0. The number of hydrogen-bond donors (Lipinski definition) is 4. The Morgan fingerprint density at radius 2 is 0.609 bits per heavy atom. The Morgan fingerprint density at radius 1 is 0.333 bits per heavy atom. The normalized spacial score (nSPS) is 14.9. The fraction of sp³-hybridized carbons (Fsp3) is 0.725. The average Bonchev–Trinajstić information content (AvgIpc) is 3.54. The van der Waals surface area contributed by atoms with E-state index in [9.17, 15) is 43.5 Å². The molecule has 87 heavy (non-hydrogen) atoms. The van der Waals surface area contributed by atoms with Gasteiger partial charge in [0, 0.05) is 19.3 Å². The molecular formula is C69H120O16P2. The minimum atomic E-state index is -4.92. The van der Waals surface area contributed by atoms with Gasteiger partial charge in [0.1, 0.15) is 25.4 Å². The van der Waals surface area contributed by atoms with E-state index in [0.29, 0.717) is 19.3 Å². The van der Waals surface area contributed by atoms with Crippen LogP contribution in [0.15, 0.2) is 97.2 Å². The van der Waals surface area contributed by atoms with E-state index in [-0.39, 0.29) is 19.3 Å². The van der Waals surface area contributed by atoms with Gasteiger partial charge in [0.2, 0.25) is 0 Å². The summed E-state index contributed by atoms with van der Waals surface area (Å²) in [7, 11) is -9.77. The average molecular weight is 1270 g/mol. The minimum Gasteiger partial charge on any atom is -0.463 e.